The van der Waals surface area contributed by atoms with Crippen LogP contribution in [0, 0.1) is 0 Å². The number of hydrogen-bond donors (Lipinski definition) is 0. The Bertz CT molecular complexity index is 242. The molecule has 1 nitrogen and oxygen atoms in total. The molecule has 0 heterocycles. The summed E-state index contributed by atoms with van der Waals surface area (Å²) in [6.45, 7) is 8.06. The van der Waals surface area contributed by atoms with Crippen molar-refractivity contribution in [1.29, 1.82) is 0 Å². The number of nitrogens with zero attached hydrogens (tertiary/aromatic N) is 1. The van der Waals surface area contributed by atoms with Gasteiger partial charge in [0.2, 0.25) is 0 Å². The second-order valence-electron chi connectivity index (χ2n) is 3.90. The lowest BCUT2D eigenvalue weighted by Gasteiger charge is -2.32. The largest absolute Gasteiger partial charge is 1.00 e. The zero-order valence-corrected chi connectivity index (χ0v) is 11.5. The molecule has 0 atom stereocenters. The molecule has 0 saturated carbocycles. The van der Waals surface area contributed by atoms with Crippen LogP contribution in [0.2, 0.25) is 0 Å². The fourth-order valence-electron chi connectivity index (χ4n) is 1.47. The highest BCUT2D eigenvalue weighted by atomic mass is 127. The lowest BCUT2D eigenvalue weighted by Crippen LogP contribution is -3.00. The summed E-state index contributed by atoms with van der Waals surface area (Å²) in [5, 5.41) is 0. The molecule has 0 aliphatic heterocycles. The monoisotopic (exact) mass is 305 g/mol. The first kappa shape index (κ1) is 13.9. The molecule has 0 unspecified atom stereocenters. The van der Waals surface area contributed by atoms with E-state index in [9.17, 15) is 0 Å². The molecular weight excluding hydrogens is 285 g/mol. The fraction of sp³-hybridized carbons (Fsp3) is 0.500. The van der Waals surface area contributed by atoms with Crippen LogP contribution in [0.15, 0.2) is 30.3 Å². The van der Waals surface area contributed by atoms with Crippen molar-refractivity contribution >= 4 is 0 Å². The van der Waals surface area contributed by atoms with E-state index in [0.717, 1.165) is 11.0 Å². The van der Waals surface area contributed by atoms with Crippen molar-refractivity contribution in [3.8, 4) is 0 Å². The Hall–Kier alpha value is -0.0900. The van der Waals surface area contributed by atoms with Crippen molar-refractivity contribution in [2.45, 2.75) is 20.4 Å². The number of benzene rings is 1. The first-order valence-corrected chi connectivity index (χ1v) is 5.07. The average Bonchev–Trinajstić information content (AvgIpc) is 2.19. The molecule has 0 fully saturated rings. The minimum atomic E-state index is 0. The van der Waals surface area contributed by atoms with E-state index in [4.69, 9.17) is 0 Å². The molecule has 80 valence electrons. The van der Waals surface area contributed by atoms with Crippen LogP contribution in [0.5, 0.6) is 0 Å². The van der Waals surface area contributed by atoms with Gasteiger partial charge in [-0.15, -0.1) is 0 Å². The van der Waals surface area contributed by atoms with Gasteiger partial charge in [-0.3, -0.25) is 0 Å². The Labute approximate surface area is 105 Å². The molecule has 0 N–H and O–H groups in total. The third-order valence-corrected chi connectivity index (χ3v) is 2.93. The van der Waals surface area contributed by atoms with Gasteiger partial charge in [0, 0.05) is 5.56 Å². The van der Waals surface area contributed by atoms with Gasteiger partial charge in [-0.2, -0.15) is 0 Å². The summed E-state index contributed by atoms with van der Waals surface area (Å²) < 4.78 is 1.13. The van der Waals surface area contributed by atoms with Crippen LogP contribution in [0.1, 0.15) is 19.4 Å². The van der Waals surface area contributed by atoms with Crippen LogP contribution in [-0.2, 0) is 6.54 Å². The molecule has 1 aromatic carbocycles. The van der Waals surface area contributed by atoms with E-state index in [1.54, 1.807) is 0 Å². The standard InChI is InChI=1S/C12H20N.HI/c1-4-13(3,5-2)11-12-9-7-6-8-10-12;/h6-10H,4-5,11H2,1-3H3;1H/q+1;/p-1. The van der Waals surface area contributed by atoms with E-state index < -0.39 is 0 Å². The summed E-state index contributed by atoms with van der Waals surface area (Å²) in [5.74, 6) is 0. The number of halogens is 1. The van der Waals surface area contributed by atoms with Crippen molar-refractivity contribution in [2.75, 3.05) is 20.1 Å². The Balaban J connectivity index is 0.00000169. The summed E-state index contributed by atoms with van der Waals surface area (Å²) >= 11 is 0. The normalized spacial score (nSPS) is 10.8. The molecule has 0 aromatic heterocycles. The van der Waals surface area contributed by atoms with E-state index in [-0.39, 0.29) is 24.0 Å². The highest BCUT2D eigenvalue weighted by Crippen LogP contribution is 2.10. The zero-order valence-electron chi connectivity index (χ0n) is 9.33. The van der Waals surface area contributed by atoms with E-state index in [1.165, 1.54) is 18.7 Å². The smallest absolute Gasteiger partial charge is 0.104 e. The second kappa shape index (κ2) is 6.40. The number of rotatable bonds is 4. The van der Waals surface area contributed by atoms with E-state index in [1.807, 2.05) is 0 Å². The van der Waals surface area contributed by atoms with Crippen molar-refractivity contribution in [3.63, 3.8) is 0 Å². The van der Waals surface area contributed by atoms with Crippen molar-refractivity contribution in [3.05, 3.63) is 35.9 Å². The molecule has 0 saturated heterocycles. The topological polar surface area (TPSA) is 0 Å². The van der Waals surface area contributed by atoms with Gasteiger partial charge in [-0.25, -0.2) is 0 Å². The van der Waals surface area contributed by atoms with Gasteiger partial charge >= 0.3 is 0 Å². The molecular formula is C12H20IN. The third kappa shape index (κ3) is 3.96. The molecule has 0 aliphatic carbocycles. The Morgan fingerprint density at radius 1 is 1.00 bits per heavy atom. The van der Waals surface area contributed by atoms with E-state index in [0.29, 0.717) is 0 Å². The summed E-state index contributed by atoms with van der Waals surface area (Å²) in [7, 11) is 2.31. The van der Waals surface area contributed by atoms with E-state index in [2.05, 4.69) is 51.2 Å². The van der Waals surface area contributed by atoms with Gasteiger partial charge < -0.3 is 28.5 Å². The first-order valence-electron chi connectivity index (χ1n) is 5.07. The maximum Gasteiger partial charge on any atom is 0.104 e. The minimum Gasteiger partial charge on any atom is -1.00 e. The van der Waals surface area contributed by atoms with Crippen molar-refractivity contribution in [1.82, 2.24) is 0 Å². The van der Waals surface area contributed by atoms with Gasteiger partial charge in [0.15, 0.2) is 0 Å². The molecule has 2 heteroatoms. The van der Waals surface area contributed by atoms with Crippen LogP contribution in [0.25, 0.3) is 0 Å². The average molecular weight is 305 g/mol. The van der Waals surface area contributed by atoms with Crippen LogP contribution < -0.4 is 24.0 Å². The summed E-state index contributed by atoms with van der Waals surface area (Å²) in [6, 6.07) is 10.7. The van der Waals surface area contributed by atoms with Gasteiger partial charge in [0.25, 0.3) is 0 Å². The third-order valence-electron chi connectivity index (χ3n) is 2.93. The minimum absolute atomic E-state index is 0. The van der Waals surface area contributed by atoms with E-state index >= 15 is 0 Å². The van der Waals surface area contributed by atoms with Gasteiger partial charge in [-0.05, 0) is 13.8 Å². The maximum absolute atomic E-state index is 2.31. The van der Waals surface area contributed by atoms with Gasteiger partial charge in [0.1, 0.15) is 6.54 Å². The quantitative estimate of drug-likeness (QED) is 0.528. The molecule has 1 aromatic rings. The van der Waals surface area contributed by atoms with Crippen molar-refractivity contribution < 1.29 is 28.5 Å². The Morgan fingerprint density at radius 2 is 1.50 bits per heavy atom. The molecule has 14 heavy (non-hydrogen) atoms. The lowest BCUT2D eigenvalue weighted by atomic mass is 10.2. The predicted octanol–water partition coefficient (Wildman–Crippen LogP) is -0.323. The molecule has 0 aliphatic rings. The molecule has 1 rings (SSSR count). The van der Waals surface area contributed by atoms with Gasteiger partial charge in [-0.1, -0.05) is 30.3 Å². The number of hydrogen-bond acceptors (Lipinski definition) is 0. The fourth-order valence-corrected chi connectivity index (χ4v) is 1.47. The lowest BCUT2D eigenvalue weighted by molar-refractivity contribution is -0.919. The highest BCUT2D eigenvalue weighted by molar-refractivity contribution is 5.13. The maximum atomic E-state index is 2.31. The molecule has 0 spiro atoms. The SMILES string of the molecule is CC[N+](C)(CC)Cc1ccccc1.[I-]. The van der Waals surface area contributed by atoms with Crippen LogP contribution >= 0.6 is 0 Å². The van der Waals surface area contributed by atoms with Crippen molar-refractivity contribution in [2.24, 2.45) is 0 Å². The molecule has 0 amide bonds. The summed E-state index contributed by atoms with van der Waals surface area (Å²) in [5.41, 5.74) is 1.44. The summed E-state index contributed by atoms with van der Waals surface area (Å²) in [6.07, 6.45) is 0. The Morgan fingerprint density at radius 3 is 1.93 bits per heavy atom. The predicted molar refractivity (Wildman–Crippen MR) is 57.4 cm³/mol. The number of quaternary nitrogens is 1. The van der Waals surface area contributed by atoms with Crippen LogP contribution in [-0.4, -0.2) is 24.6 Å². The van der Waals surface area contributed by atoms with Crippen LogP contribution in [0.4, 0.5) is 0 Å². The van der Waals surface area contributed by atoms with Gasteiger partial charge in [0.05, 0.1) is 20.1 Å². The highest BCUT2D eigenvalue weighted by Gasteiger charge is 2.16. The first-order chi connectivity index (χ1) is 6.20. The molecule has 0 radical (unpaired) electrons. The summed E-state index contributed by atoms with van der Waals surface area (Å²) in [4.78, 5) is 0. The van der Waals surface area contributed by atoms with Crippen LogP contribution in [0.3, 0.4) is 0 Å². The Kier molecular flexibility index (Phi) is 6.36. The molecule has 0 bridgehead atoms. The zero-order chi connectivity index (χ0) is 9.73. The second-order valence-corrected chi connectivity index (χ2v) is 3.90.